The van der Waals surface area contributed by atoms with Crippen LogP contribution < -0.4 is 0 Å². The fourth-order valence-corrected chi connectivity index (χ4v) is 2.52. The van der Waals surface area contributed by atoms with Crippen LogP contribution in [0.4, 0.5) is 0 Å². The number of benzene rings is 2. The largest absolute Gasteiger partial charge is 0.247 e. The fourth-order valence-electron chi connectivity index (χ4n) is 2.52. The minimum absolute atomic E-state index is 1.19. The average molecular weight is 233 g/mol. The van der Waals surface area contributed by atoms with Crippen molar-refractivity contribution in [2.24, 2.45) is 0 Å². The summed E-state index contributed by atoms with van der Waals surface area (Å²) in [6, 6.07) is 16.9. The van der Waals surface area contributed by atoms with Crippen LogP contribution in [0, 0.1) is 0 Å². The lowest BCUT2D eigenvalue weighted by molar-refractivity contribution is 0.711. The molecule has 18 heavy (non-hydrogen) atoms. The standard InChI is InChI=1S/C15H11N3/c1-3-7-14-12(5-1)13-6-2-4-8-15(13)18(14)17-10-9-16-11-17/h1-11H. The van der Waals surface area contributed by atoms with Crippen molar-refractivity contribution in [2.75, 3.05) is 0 Å². The Morgan fingerprint density at radius 1 is 0.778 bits per heavy atom. The third-order valence-corrected chi connectivity index (χ3v) is 3.28. The van der Waals surface area contributed by atoms with Crippen molar-refractivity contribution in [3.8, 4) is 0 Å². The van der Waals surface area contributed by atoms with Gasteiger partial charge in [0.1, 0.15) is 6.33 Å². The Bertz CT molecular complexity index is 772. The SMILES string of the molecule is c1ccc2c(c1)c1ccccc1n2-n1ccnc1. The summed E-state index contributed by atoms with van der Waals surface area (Å²) >= 11 is 0. The molecular formula is C15H11N3. The van der Waals surface area contributed by atoms with Gasteiger partial charge in [0.05, 0.1) is 11.0 Å². The Morgan fingerprint density at radius 2 is 1.39 bits per heavy atom. The highest BCUT2D eigenvalue weighted by molar-refractivity contribution is 6.07. The molecule has 0 saturated heterocycles. The van der Waals surface area contributed by atoms with Crippen molar-refractivity contribution in [3.05, 3.63) is 67.3 Å². The maximum absolute atomic E-state index is 4.13. The molecule has 3 nitrogen and oxygen atoms in total. The smallest absolute Gasteiger partial charge is 0.115 e. The van der Waals surface area contributed by atoms with Gasteiger partial charge in [0.25, 0.3) is 0 Å². The Morgan fingerprint density at radius 3 is 1.94 bits per heavy atom. The highest BCUT2D eigenvalue weighted by Gasteiger charge is 2.09. The Kier molecular flexibility index (Phi) is 1.83. The van der Waals surface area contributed by atoms with Crippen LogP contribution in [0.1, 0.15) is 0 Å². The highest BCUT2D eigenvalue weighted by Crippen LogP contribution is 2.28. The van der Waals surface area contributed by atoms with Gasteiger partial charge < -0.3 is 0 Å². The van der Waals surface area contributed by atoms with Gasteiger partial charge in [-0.15, -0.1) is 0 Å². The van der Waals surface area contributed by atoms with Gasteiger partial charge in [0, 0.05) is 23.2 Å². The van der Waals surface area contributed by atoms with Crippen LogP contribution in [-0.4, -0.2) is 14.3 Å². The summed E-state index contributed by atoms with van der Waals surface area (Å²) in [6.07, 6.45) is 5.57. The Hall–Kier alpha value is -2.55. The Labute approximate surface area is 104 Å². The predicted molar refractivity (Wildman–Crippen MR) is 72.5 cm³/mol. The molecule has 0 aliphatic rings. The van der Waals surface area contributed by atoms with E-state index in [4.69, 9.17) is 0 Å². The van der Waals surface area contributed by atoms with Crippen LogP contribution >= 0.6 is 0 Å². The zero-order valence-corrected chi connectivity index (χ0v) is 9.69. The lowest BCUT2D eigenvalue weighted by Crippen LogP contribution is -2.05. The second kappa shape index (κ2) is 3.47. The molecule has 3 heteroatoms. The maximum atomic E-state index is 4.13. The van der Waals surface area contributed by atoms with E-state index in [0.29, 0.717) is 0 Å². The van der Waals surface area contributed by atoms with Gasteiger partial charge in [-0.25, -0.2) is 14.3 Å². The van der Waals surface area contributed by atoms with E-state index in [-0.39, 0.29) is 0 Å². The average Bonchev–Trinajstić information content (AvgIpc) is 3.03. The first-order valence-electron chi connectivity index (χ1n) is 5.92. The van der Waals surface area contributed by atoms with Crippen molar-refractivity contribution in [2.45, 2.75) is 0 Å². The molecule has 2 aromatic carbocycles. The van der Waals surface area contributed by atoms with E-state index in [0.717, 1.165) is 0 Å². The van der Waals surface area contributed by atoms with E-state index in [1.165, 1.54) is 21.8 Å². The summed E-state index contributed by atoms with van der Waals surface area (Å²) in [4.78, 5) is 4.13. The van der Waals surface area contributed by atoms with E-state index in [2.05, 4.69) is 58.2 Å². The molecule has 4 rings (SSSR count). The fraction of sp³-hybridized carbons (Fsp3) is 0. The molecule has 4 aromatic rings. The molecule has 0 aliphatic heterocycles. The van der Waals surface area contributed by atoms with E-state index in [1.807, 2.05) is 17.2 Å². The number of hydrogen-bond donors (Lipinski definition) is 0. The molecule has 2 heterocycles. The topological polar surface area (TPSA) is 22.8 Å². The van der Waals surface area contributed by atoms with Crippen LogP contribution in [-0.2, 0) is 0 Å². The third-order valence-electron chi connectivity index (χ3n) is 3.28. The summed E-state index contributed by atoms with van der Waals surface area (Å²) in [6.45, 7) is 0. The number of nitrogens with zero attached hydrogens (tertiary/aromatic N) is 3. The van der Waals surface area contributed by atoms with Gasteiger partial charge in [-0.3, -0.25) is 0 Å². The first-order chi connectivity index (χ1) is 8.95. The zero-order chi connectivity index (χ0) is 11.9. The van der Waals surface area contributed by atoms with E-state index >= 15 is 0 Å². The summed E-state index contributed by atoms with van der Waals surface area (Å²) in [5.74, 6) is 0. The molecule has 0 unspecified atom stereocenters. The van der Waals surface area contributed by atoms with Crippen LogP contribution in [0.2, 0.25) is 0 Å². The number of fused-ring (bicyclic) bond motifs is 3. The monoisotopic (exact) mass is 233 g/mol. The molecule has 0 saturated carbocycles. The maximum Gasteiger partial charge on any atom is 0.115 e. The third kappa shape index (κ3) is 1.16. The first kappa shape index (κ1) is 9.48. The second-order valence-electron chi connectivity index (χ2n) is 4.29. The zero-order valence-electron chi connectivity index (χ0n) is 9.69. The van der Waals surface area contributed by atoms with Crippen molar-refractivity contribution < 1.29 is 0 Å². The molecule has 0 spiro atoms. The number of imidazole rings is 1. The van der Waals surface area contributed by atoms with Gasteiger partial charge in [0.2, 0.25) is 0 Å². The summed E-state index contributed by atoms with van der Waals surface area (Å²) in [5.41, 5.74) is 2.38. The normalized spacial score (nSPS) is 11.3. The van der Waals surface area contributed by atoms with E-state index in [1.54, 1.807) is 6.20 Å². The molecule has 0 atom stereocenters. The van der Waals surface area contributed by atoms with Crippen molar-refractivity contribution in [3.63, 3.8) is 0 Å². The van der Waals surface area contributed by atoms with Crippen LogP contribution in [0.15, 0.2) is 67.3 Å². The van der Waals surface area contributed by atoms with E-state index < -0.39 is 0 Å². The summed E-state index contributed by atoms with van der Waals surface area (Å²) in [7, 11) is 0. The molecule has 2 aromatic heterocycles. The molecule has 0 radical (unpaired) electrons. The first-order valence-corrected chi connectivity index (χ1v) is 5.92. The number of hydrogen-bond acceptors (Lipinski definition) is 1. The minimum Gasteiger partial charge on any atom is -0.247 e. The van der Waals surface area contributed by atoms with Crippen molar-refractivity contribution in [1.29, 1.82) is 0 Å². The summed E-state index contributed by atoms with van der Waals surface area (Å²) in [5, 5.41) is 2.53. The van der Waals surface area contributed by atoms with Crippen LogP contribution in [0.3, 0.4) is 0 Å². The number of aromatic nitrogens is 3. The minimum atomic E-state index is 1.19. The number of para-hydroxylation sites is 2. The second-order valence-corrected chi connectivity index (χ2v) is 4.29. The van der Waals surface area contributed by atoms with Gasteiger partial charge in [-0.05, 0) is 12.1 Å². The molecule has 0 amide bonds. The van der Waals surface area contributed by atoms with E-state index in [9.17, 15) is 0 Å². The lowest BCUT2D eigenvalue weighted by Gasteiger charge is -2.07. The van der Waals surface area contributed by atoms with Crippen molar-refractivity contribution in [1.82, 2.24) is 14.3 Å². The van der Waals surface area contributed by atoms with Gasteiger partial charge in [-0.1, -0.05) is 36.4 Å². The molecule has 0 aliphatic carbocycles. The molecular weight excluding hydrogens is 222 g/mol. The van der Waals surface area contributed by atoms with Crippen LogP contribution in [0.5, 0.6) is 0 Å². The summed E-state index contributed by atoms with van der Waals surface area (Å²) < 4.78 is 4.18. The Balaban J connectivity index is 2.28. The molecule has 0 bridgehead atoms. The predicted octanol–water partition coefficient (Wildman–Crippen LogP) is 3.30. The number of rotatable bonds is 1. The molecule has 86 valence electrons. The van der Waals surface area contributed by atoms with Gasteiger partial charge >= 0.3 is 0 Å². The van der Waals surface area contributed by atoms with Gasteiger partial charge in [-0.2, -0.15) is 0 Å². The molecule has 0 N–H and O–H groups in total. The van der Waals surface area contributed by atoms with Crippen LogP contribution in [0.25, 0.3) is 21.8 Å². The quantitative estimate of drug-likeness (QED) is 0.494. The van der Waals surface area contributed by atoms with Gasteiger partial charge in [0.15, 0.2) is 0 Å². The van der Waals surface area contributed by atoms with Crippen molar-refractivity contribution >= 4 is 21.8 Å². The lowest BCUT2D eigenvalue weighted by atomic mass is 10.2. The molecule has 0 fully saturated rings. The highest BCUT2D eigenvalue weighted by atomic mass is 15.5.